The van der Waals surface area contributed by atoms with Crippen LogP contribution in [0.5, 0.6) is 11.8 Å². The number of aromatic hydroxyl groups is 1. The molecule has 0 saturated carbocycles. The quantitative estimate of drug-likeness (QED) is 0.578. The fraction of sp³-hybridized carbons (Fsp3) is 0.111. The number of fused-ring (bicyclic) bond motifs is 3. The molecule has 2 heterocycles. The van der Waals surface area contributed by atoms with Crippen molar-refractivity contribution in [3.63, 3.8) is 0 Å². The van der Waals surface area contributed by atoms with Crippen molar-refractivity contribution in [1.82, 2.24) is 15.0 Å². The molecule has 0 bridgehead atoms. The molecule has 1 aliphatic rings. The fourth-order valence-electron chi connectivity index (χ4n) is 3.15. The van der Waals surface area contributed by atoms with E-state index in [1.165, 1.54) is 7.11 Å². The number of nitrogen functional groups attached to an aromatic ring is 1. The molecule has 0 fully saturated rings. The number of phenols is 1. The van der Waals surface area contributed by atoms with Crippen LogP contribution >= 0.6 is 0 Å². The van der Waals surface area contributed by atoms with E-state index in [1.807, 2.05) is 6.07 Å². The molecule has 4 rings (SSSR count). The molecule has 1 aromatic carbocycles. The summed E-state index contributed by atoms with van der Waals surface area (Å²) in [4.78, 5) is 12.7. The van der Waals surface area contributed by atoms with Gasteiger partial charge < -0.3 is 15.6 Å². The van der Waals surface area contributed by atoms with Crippen molar-refractivity contribution < 1.29 is 9.84 Å². The normalized spacial score (nSPS) is 11.5. The van der Waals surface area contributed by atoms with Crippen molar-refractivity contribution in [2.75, 3.05) is 12.8 Å². The van der Waals surface area contributed by atoms with Crippen molar-refractivity contribution in [2.45, 2.75) is 6.42 Å². The lowest BCUT2D eigenvalue weighted by atomic mass is 9.96. The molecule has 3 N–H and O–H groups in total. The Morgan fingerprint density at radius 3 is 2.72 bits per heavy atom. The topological polar surface area (TPSA) is 118 Å². The summed E-state index contributed by atoms with van der Waals surface area (Å²) in [5, 5.41) is 19.4. The van der Waals surface area contributed by atoms with Crippen LogP contribution in [0.15, 0.2) is 30.6 Å². The molecule has 0 atom stereocenters. The van der Waals surface area contributed by atoms with Gasteiger partial charge in [0, 0.05) is 35.5 Å². The highest BCUT2D eigenvalue weighted by Crippen LogP contribution is 2.44. The van der Waals surface area contributed by atoms with Crippen LogP contribution in [-0.2, 0) is 6.42 Å². The van der Waals surface area contributed by atoms with E-state index in [4.69, 9.17) is 10.5 Å². The van der Waals surface area contributed by atoms with Crippen LogP contribution in [0.1, 0.15) is 16.7 Å². The second kappa shape index (κ2) is 5.46. The van der Waals surface area contributed by atoms with Gasteiger partial charge in [0.05, 0.1) is 12.8 Å². The first kappa shape index (κ1) is 14.9. The molecule has 25 heavy (non-hydrogen) atoms. The van der Waals surface area contributed by atoms with Crippen molar-refractivity contribution in [3.8, 4) is 40.2 Å². The Hall–Kier alpha value is -3.66. The van der Waals surface area contributed by atoms with Gasteiger partial charge in [0.1, 0.15) is 23.2 Å². The summed E-state index contributed by atoms with van der Waals surface area (Å²) in [6.45, 7) is 0. The molecule has 1 aliphatic carbocycles. The number of hydrogen-bond acceptors (Lipinski definition) is 7. The van der Waals surface area contributed by atoms with Crippen LogP contribution in [-0.4, -0.2) is 27.2 Å². The highest BCUT2D eigenvalue weighted by Gasteiger charge is 2.28. The zero-order valence-corrected chi connectivity index (χ0v) is 13.3. The first-order chi connectivity index (χ1) is 12.1. The molecule has 0 aliphatic heterocycles. The van der Waals surface area contributed by atoms with Gasteiger partial charge in [-0.1, -0.05) is 6.07 Å². The molecule has 0 spiro atoms. The van der Waals surface area contributed by atoms with Crippen LogP contribution < -0.4 is 10.5 Å². The molecule has 0 saturated heterocycles. The number of nitrogens with two attached hydrogens (primary N) is 1. The molecule has 7 heteroatoms. The van der Waals surface area contributed by atoms with E-state index in [2.05, 4.69) is 21.0 Å². The fourth-order valence-corrected chi connectivity index (χ4v) is 3.15. The predicted molar refractivity (Wildman–Crippen MR) is 90.8 cm³/mol. The molecule has 122 valence electrons. The minimum absolute atomic E-state index is 0.142. The predicted octanol–water partition coefficient (Wildman–Crippen LogP) is 2.28. The molecule has 7 nitrogen and oxygen atoms in total. The number of nitriles is 1. The number of benzene rings is 1. The van der Waals surface area contributed by atoms with E-state index >= 15 is 0 Å². The third-order valence-electron chi connectivity index (χ3n) is 4.25. The molecule has 0 amide bonds. The molecular formula is C18H13N5O2. The van der Waals surface area contributed by atoms with Crippen molar-refractivity contribution in [2.24, 2.45) is 0 Å². The summed E-state index contributed by atoms with van der Waals surface area (Å²) in [6.07, 6.45) is 3.79. The largest absolute Gasteiger partial charge is 0.508 e. The van der Waals surface area contributed by atoms with Gasteiger partial charge in [-0.2, -0.15) is 5.26 Å². The Morgan fingerprint density at radius 2 is 2.04 bits per heavy atom. The lowest BCUT2D eigenvalue weighted by Gasteiger charge is -2.12. The molecule has 3 aromatic rings. The Bertz CT molecular complexity index is 1040. The van der Waals surface area contributed by atoms with Crippen molar-refractivity contribution in [3.05, 3.63) is 47.3 Å². The Kier molecular flexibility index (Phi) is 3.25. The second-order valence-electron chi connectivity index (χ2n) is 5.66. The zero-order valence-electron chi connectivity index (χ0n) is 13.3. The number of aromatic nitrogens is 3. The third kappa shape index (κ3) is 2.23. The average molecular weight is 331 g/mol. The highest BCUT2D eigenvalue weighted by atomic mass is 16.5. The van der Waals surface area contributed by atoms with Gasteiger partial charge in [-0.25, -0.2) is 15.0 Å². The van der Waals surface area contributed by atoms with E-state index in [0.717, 1.165) is 16.7 Å². The van der Waals surface area contributed by atoms with Gasteiger partial charge in [-0.3, -0.25) is 0 Å². The summed E-state index contributed by atoms with van der Waals surface area (Å²) < 4.78 is 4.99. The Balaban J connectivity index is 2.00. The second-order valence-corrected chi connectivity index (χ2v) is 5.66. The van der Waals surface area contributed by atoms with Gasteiger partial charge in [-0.05, 0) is 23.3 Å². The summed E-state index contributed by atoms with van der Waals surface area (Å²) in [5.74, 6) is 0.300. The maximum absolute atomic E-state index is 9.79. The molecule has 0 radical (unpaired) electrons. The van der Waals surface area contributed by atoms with Crippen LogP contribution in [0.2, 0.25) is 0 Å². The van der Waals surface area contributed by atoms with Gasteiger partial charge >= 0.3 is 6.01 Å². The first-order valence-corrected chi connectivity index (χ1v) is 7.53. The van der Waals surface area contributed by atoms with Crippen LogP contribution in [0.3, 0.4) is 0 Å². The Morgan fingerprint density at radius 1 is 1.28 bits per heavy atom. The number of ether oxygens (including phenoxy) is 1. The van der Waals surface area contributed by atoms with Crippen LogP contribution in [0.4, 0.5) is 5.82 Å². The van der Waals surface area contributed by atoms with Crippen LogP contribution in [0.25, 0.3) is 22.4 Å². The van der Waals surface area contributed by atoms with Gasteiger partial charge in [0.15, 0.2) is 0 Å². The highest BCUT2D eigenvalue weighted by molar-refractivity contribution is 5.88. The van der Waals surface area contributed by atoms with E-state index in [0.29, 0.717) is 28.8 Å². The van der Waals surface area contributed by atoms with Gasteiger partial charge in [0.2, 0.25) is 0 Å². The standard InChI is InChI=1S/C18H13N5O2/c1-25-18-21-7-10(8-22-18)15-13-4-9-2-3-11(24)5-12(9)16(13)23-17(20)14(15)6-19/h2-3,5,7-8,24H,4H2,1H3,(H2,20,23). The molecule has 2 aromatic heterocycles. The number of rotatable bonds is 2. The maximum Gasteiger partial charge on any atom is 0.316 e. The summed E-state index contributed by atoms with van der Waals surface area (Å²) in [5.41, 5.74) is 11.1. The average Bonchev–Trinajstić information content (AvgIpc) is 2.98. The number of methoxy groups -OCH3 is 1. The minimum Gasteiger partial charge on any atom is -0.508 e. The number of anilines is 1. The summed E-state index contributed by atoms with van der Waals surface area (Å²) in [7, 11) is 1.49. The molecular weight excluding hydrogens is 318 g/mol. The zero-order chi connectivity index (χ0) is 17.6. The summed E-state index contributed by atoms with van der Waals surface area (Å²) >= 11 is 0. The van der Waals surface area contributed by atoms with Crippen molar-refractivity contribution >= 4 is 5.82 Å². The lowest BCUT2D eigenvalue weighted by Crippen LogP contribution is -2.03. The number of pyridine rings is 1. The van der Waals surface area contributed by atoms with E-state index in [-0.39, 0.29) is 17.6 Å². The first-order valence-electron chi connectivity index (χ1n) is 7.53. The van der Waals surface area contributed by atoms with E-state index < -0.39 is 0 Å². The van der Waals surface area contributed by atoms with Crippen molar-refractivity contribution in [1.29, 1.82) is 5.26 Å². The SMILES string of the molecule is COc1ncc(-c2c(C#N)c(N)nc3c2Cc2ccc(O)cc2-3)cn1. The summed E-state index contributed by atoms with van der Waals surface area (Å²) in [6, 6.07) is 7.52. The smallest absolute Gasteiger partial charge is 0.316 e. The van der Waals surface area contributed by atoms with E-state index in [1.54, 1.807) is 24.5 Å². The minimum atomic E-state index is 0.142. The Labute approximate surface area is 143 Å². The number of nitrogens with zero attached hydrogens (tertiary/aromatic N) is 4. The molecule has 0 unspecified atom stereocenters. The third-order valence-corrected chi connectivity index (χ3v) is 4.25. The number of phenolic OH excluding ortho intramolecular Hbond substituents is 1. The maximum atomic E-state index is 9.79. The number of hydrogen-bond donors (Lipinski definition) is 2. The van der Waals surface area contributed by atoms with Crippen LogP contribution in [0, 0.1) is 11.3 Å². The van der Waals surface area contributed by atoms with Gasteiger partial charge in [-0.15, -0.1) is 0 Å². The lowest BCUT2D eigenvalue weighted by molar-refractivity contribution is 0.380. The van der Waals surface area contributed by atoms with E-state index in [9.17, 15) is 10.4 Å². The monoisotopic (exact) mass is 331 g/mol. The van der Waals surface area contributed by atoms with Gasteiger partial charge in [0.25, 0.3) is 0 Å².